The zero-order valence-corrected chi connectivity index (χ0v) is 16.0. The van der Waals surface area contributed by atoms with Crippen molar-refractivity contribution in [3.05, 3.63) is 46.8 Å². The lowest BCUT2D eigenvalue weighted by molar-refractivity contribution is -0.383. The Morgan fingerprint density at radius 3 is 2.25 bits per heavy atom. The highest BCUT2D eigenvalue weighted by Crippen LogP contribution is 2.57. The summed E-state index contributed by atoms with van der Waals surface area (Å²) in [5.41, 5.74) is 0.769. The Bertz CT molecular complexity index is 866. The average molecular weight is 379 g/mol. The molecule has 7 heteroatoms. The van der Waals surface area contributed by atoms with Gasteiger partial charge < -0.3 is 10.2 Å². The number of aromatic nitrogens is 2. The third-order valence-electron chi connectivity index (χ3n) is 6.87. The number of rotatable bonds is 5. The Labute approximate surface area is 164 Å². The van der Waals surface area contributed by atoms with Crippen molar-refractivity contribution < 1.29 is 4.92 Å². The molecule has 0 saturated heterocycles. The van der Waals surface area contributed by atoms with Crippen LogP contribution in [0.3, 0.4) is 0 Å². The molecule has 1 aromatic carbocycles. The maximum atomic E-state index is 12.0. The third kappa shape index (κ3) is 2.89. The first kappa shape index (κ1) is 17.4. The SMILES string of the molecule is CN(c1ccccc1)c1ncnc(NC23CC4CC(CC(C4)C2)C3)c1[N+](=O)[O-]. The number of hydrogen-bond donors (Lipinski definition) is 1. The number of para-hydroxylation sites is 1. The van der Waals surface area contributed by atoms with E-state index in [4.69, 9.17) is 0 Å². The molecule has 2 aromatic rings. The normalized spacial score (nSPS) is 30.2. The highest BCUT2D eigenvalue weighted by atomic mass is 16.6. The Morgan fingerprint density at radius 1 is 1.07 bits per heavy atom. The van der Waals surface area contributed by atoms with Gasteiger partial charge in [-0.3, -0.25) is 10.1 Å². The van der Waals surface area contributed by atoms with E-state index in [1.165, 1.54) is 25.6 Å². The lowest BCUT2D eigenvalue weighted by Crippen LogP contribution is -2.55. The van der Waals surface area contributed by atoms with E-state index in [0.717, 1.165) is 42.7 Å². The van der Waals surface area contributed by atoms with E-state index in [1.807, 2.05) is 30.3 Å². The molecule has 146 valence electrons. The number of nitrogens with one attached hydrogen (secondary N) is 1. The van der Waals surface area contributed by atoms with Crippen molar-refractivity contribution >= 4 is 23.0 Å². The molecule has 0 radical (unpaired) electrons. The number of benzene rings is 1. The smallest absolute Gasteiger partial charge is 0.353 e. The maximum absolute atomic E-state index is 12.0. The molecule has 0 unspecified atom stereocenters. The van der Waals surface area contributed by atoms with Crippen molar-refractivity contribution in [2.24, 2.45) is 17.8 Å². The van der Waals surface area contributed by atoms with Crippen LogP contribution in [-0.4, -0.2) is 27.5 Å². The summed E-state index contributed by atoms with van der Waals surface area (Å²) in [4.78, 5) is 22.0. The van der Waals surface area contributed by atoms with Gasteiger partial charge in [-0.2, -0.15) is 0 Å². The van der Waals surface area contributed by atoms with Crippen molar-refractivity contribution in [3.63, 3.8) is 0 Å². The Balaban J connectivity index is 1.51. The van der Waals surface area contributed by atoms with Crippen LogP contribution in [0.25, 0.3) is 0 Å². The van der Waals surface area contributed by atoms with E-state index in [1.54, 1.807) is 11.9 Å². The Kier molecular flexibility index (Phi) is 4.00. The number of nitrogens with zero attached hydrogens (tertiary/aromatic N) is 4. The minimum absolute atomic E-state index is 0.0374. The molecule has 4 aliphatic carbocycles. The molecule has 0 amide bonds. The molecule has 1 heterocycles. The Hall–Kier alpha value is -2.70. The summed E-state index contributed by atoms with van der Waals surface area (Å²) in [6, 6.07) is 9.57. The van der Waals surface area contributed by atoms with Gasteiger partial charge in [0.05, 0.1) is 4.92 Å². The molecule has 4 bridgehead atoms. The summed E-state index contributed by atoms with van der Waals surface area (Å²) in [6.07, 6.45) is 8.72. The van der Waals surface area contributed by atoms with Crippen LogP contribution in [0, 0.1) is 27.9 Å². The second kappa shape index (κ2) is 6.43. The van der Waals surface area contributed by atoms with Crippen molar-refractivity contribution in [3.8, 4) is 0 Å². The highest BCUT2D eigenvalue weighted by molar-refractivity contribution is 5.75. The van der Waals surface area contributed by atoms with Gasteiger partial charge in [-0.15, -0.1) is 0 Å². The molecule has 1 N–H and O–H groups in total. The van der Waals surface area contributed by atoms with Crippen LogP contribution in [0.2, 0.25) is 0 Å². The minimum atomic E-state index is -0.350. The fraction of sp³-hybridized carbons (Fsp3) is 0.524. The number of nitro groups is 1. The van der Waals surface area contributed by atoms with Crippen LogP contribution < -0.4 is 10.2 Å². The number of hydrogen-bond acceptors (Lipinski definition) is 6. The van der Waals surface area contributed by atoms with Crippen LogP contribution in [0.5, 0.6) is 0 Å². The van der Waals surface area contributed by atoms with E-state index in [0.29, 0.717) is 11.6 Å². The monoisotopic (exact) mass is 379 g/mol. The first-order valence-electron chi connectivity index (χ1n) is 10.1. The zero-order valence-electron chi connectivity index (χ0n) is 16.0. The second-order valence-electron chi connectivity index (χ2n) is 8.87. The van der Waals surface area contributed by atoms with E-state index in [2.05, 4.69) is 15.3 Å². The first-order valence-corrected chi connectivity index (χ1v) is 10.1. The molecule has 0 aliphatic heterocycles. The number of anilines is 3. The van der Waals surface area contributed by atoms with Gasteiger partial charge in [0, 0.05) is 18.3 Å². The molecular formula is C21H25N5O2. The highest BCUT2D eigenvalue weighted by Gasteiger charge is 2.51. The summed E-state index contributed by atoms with van der Waals surface area (Å²) in [5, 5.41) is 15.6. The lowest BCUT2D eigenvalue weighted by atomic mass is 9.53. The molecule has 0 atom stereocenters. The Morgan fingerprint density at radius 2 is 1.68 bits per heavy atom. The fourth-order valence-electron chi connectivity index (χ4n) is 6.16. The van der Waals surface area contributed by atoms with Gasteiger partial charge in [0.15, 0.2) is 0 Å². The lowest BCUT2D eigenvalue weighted by Gasteiger charge is -2.57. The van der Waals surface area contributed by atoms with Gasteiger partial charge in [0.25, 0.3) is 0 Å². The molecule has 0 spiro atoms. The predicted molar refractivity (Wildman–Crippen MR) is 108 cm³/mol. The van der Waals surface area contributed by atoms with E-state index in [-0.39, 0.29) is 16.1 Å². The van der Waals surface area contributed by atoms with Gasteiger partial charge in [0.1, 0.15) is 6.33 Å². The van der Waals surface area contributed by atoms with Gasteiger partial charge >= 0.3 is 5.69 Å². The van der Waals surface area contributed by atoms with Crippen LogP contribution in [-0.2, 0) is 0 Å². The largest absolute Gasteiger partial charge is 0.359 e. The summed E-state index contributed by atoms with van der Waals surface area (Å²) < 4.78 is 0. The summed E-state index contributed by atoms with van der Waals surface area (Å²) >= 11 is 0. The standard InChI is InChI=1S/C21H25N5O2/c1-25(17-5-3-2-4-6-17)20-18(26(27)28)19(22-13-23-20)24-21-10-14-7-15(11-21)9-16(8-14)12-21/h2-6,13-16H,7-12H2,1H3,(H,22,23,24). The van der Waals surface area contributed by atoms with Crippen LogP contribution in [0.1, 0.15) is 38.5 Å². The van der Waals surface area contributed by atoms with Crippen molar-refractivity contribution in [1.29, 1.82) is 0 Å². The molecule has 4 aliphatic rings. The van der Waals surface area contributed by atoms with Crippen LogP contribution in [0.15, 0.2) is 36.7 Å². The second-order valence-corrected chi connectivity index (χ2v) is 8.87. The molecule has 1 aromatic heterocycles. The maximum Gasteiger partial charge on any atom is 0.353 e. The van der Waals surface area contributed by atoms with Crippen molar-refractivity contribution in [2.75, 3.05) is 17.3 Å². The van der Waals surface area contributed by atoms with Gasteiger partial charge in [-0.05, 0) is 68.4 Å². The van der Waals surface area contributed by atoms with E-state index >= 15 is 0 Å². The van der Waals surface area contributed by atoms with E-state index < -0.39 is 0 Å². The van der Waals surface area contributed by atoms with Gasteiger partial charge in [0.2, 0.25) is 11.6 Å². The zero-order chi connectivity index (χ0) is 19.3. The van der Waals surface area contributed by atoms with E-state index in [9.17, 15) is 10.1 Å². The predicted octanol–water partition coefficient (Wildman–Crippen LogP) is 4.53. The topological polar surface area (TPSA) is 84.2 Å². The molecule has 6 rings (SSSR count). The van der Waals surface area contributed by atoms with Crippen molar-refractivity contribution in [2.45, 2.75) is 44.1 Å². The molecule has 4 saturated carbocycles. The minimum Gasteiger partial charge on any atom is -0.359 e. The molecule has 4 fully saturated rings. The average Bonchev–Trinajstić information content (AvgIpc) is 2.66. The van der Waals surface area contributed by atoms with Crippen LogP contribution in [0.4, 0.5) is 23.0 Å². The van der Waals surface area contributed by atoms with Gasteiger partial charge in [-0.25, -0.2) is 9.97 Å². The van der Waals surface area contributed by atoms with Gasteiger partial charge in [-0.1, -0.05) is 18.2 Å². The summed E-state index contributed by atoms with van der Waals surface area (Å²) in [6.45, 7) is 0. The summed E-state index contributed by atoms with van der Waals surface area (Å²) in [7, 11) is 1.80. The molecule has 28 heavy (non-hydrogen) atoms. The quantitative estimate of drug-likeness (QED) is 0.607. The summed E-state index contributed by atoms with van der Waals surface area (Å²) in [5.74, 6) is 2.95. The fourth-order valence-corrected chi connectivity index (χ4v) is 6.16. The van der Waals surface area contributed by atoms with Crippen LogP contribution >= 0.6 is 0 Å². The third-order valence-corrected chi connectivity index (χ3v) is 6.87. The molecular weight excluding hydrogens is 354 g/mol. The van der Waals surface area contributed by atoms with Crippen molar-refractivity contribution in [1.82, 2.24) is 9.97 Å². The first-order chi connectivity index (χ1) is 13.5. The molecule has 7 nitrogen and oxygen atoms in total.